The van der Waals surface area contributed by atoms with E-state index in [-0.39, 0.29) is 41.1 Å². The molecule has 1 atom stereocenters. The Balaban J connectivity index is 1.62. The molecule has 0 spiro atoms. The third-order valence-corrected chi connectivity index (χ3v) is 6.75. The molecule has 1 saturated heterocycles. The summed E-state index contributed by atoms with van der Waals surface area (Å²) in [5.74, 6) is 4.31. The lowest BCUT2D eigenvalue weighted by molar-refractivity contribution is -0.138. The van der Waals surface area contributed by atoms with Gasteiger partial charge in [-0.15, -0.1) is 0 Å². The minimum absolute atomic E-state index is 0.0498. The number of benzene rings is 1. The van der Waals surface area contributed by atoms with Crippen molar-refractivity contribution in [1.29, 1.82) is 0 Å². The lowest BCUT2D eigenvalue weighted by atomic mass is 10.0. The monoisotopic (exact) mass is 527 g/mol. The molecule has 3 heterocycles. The minimum Gasteiger partial charge on any atom is -0.383 e. The summed E-state index contributed by atoms with van der Waals surface area (Å²) in [6, 6.07) is 3.85. The van der Waals surface area contributed by atoms with E-state index in [0.29, 0.717) is 43.5 Å². The van der Waals surface area contributed by atoms with Gasteiger partial charge in [-0.3, -0.25) is 14.3 Å². The Morgan fingerprint density at radius 2 is 1.97 bits per heavy atom. The number of alkyl halides is 3. The standard InChI is InChI=1S/C26H28F3N7O2/c1-3-6-21(37)34-11-5-8-19(10-12-34)36-24(30)22(25(31)38)23(33-36)18-13-32-35(15-18)14-17-7-4-9-20(16(17)2)26(27,28)29/h4,7,9,13,15,19H,5,8,10-12,14,30H2,1-2H3,(H2,31,38)/t19-/m0/s1. The fraction of sp³-hybridized carbons (Fsp3) is 0.385. The molecule has 0 unspecified atom stereocenters. The van der Waals surface area contributed by atoms with Crippen LogP contribution < -0.4 is 11.5 Å². The molecule has 9 nitrogen and oxygen atoms in total. The van der Waals surface area contributed by atoms with Crippen LogP contribution in [0.1, 0.15) is 59.3 Å². The number of nitrogens with two attached hydrogens (primary N) is 2. The van der Waals surface area contributed by atoms with E-state index < -0.39 is 17.6 Å². The van der Waals surface area contributed by atoms with Gasteiger partial charge in [0.2, 0.25) is 0 Å². The van der Waals surface area contributed by atoms with E-state index in [9.17, 15) is 22.8 Å². The smallest absolute Gasteiger partial charge is 0.383 e. The number of halogens is 3. The van der Waals surface area contributed by atoms with Crippen LogP contribution in [0.3, 0.4) is 0 Å². The molecular weight excluding hydrogens is 499 g/mol. The van der Waals surface area contributed by atoms with Crippen LogP contribution in [-0.2, 0) is 17.5 Å². The molecule has 0 bridgehead atoms. The lowest BCUT2D eigenvalue weighted by Crippen LogP contribution is -2.31. The lowest BCUT2D eigenvalue weighted by Gasteiger charge is -2.18. The van der Waals surface area contributed by atoms with Crippen LogP contribution in [0.5, 0.6) is 0 Å². The van der Waals surface area contributed by atoms with Crippen molar-refractivity contribution >= 4 is 17.6 Å². The van der Waals surface area contributed by atoms with Crippen molar-refractivity contribution < 1.29 is 22.8 Å². The predicted octanol–water partition coefficient (Wildman–Crippen LogP) is 3.38. The van der Waals surface area contributed by atoms with Gasteiger partial charge >= 0.3 is 6.18 Å². The number of nitrogen functional groups attached to an aromatic ring is 1. The molecule has 0 aliphatic carbocycles. The molecule has 12 heteroatoms. The van der Waals surface area contributed by atoms with Crippen molar-refractivity contribution in [2.45, 2.75) is 51.9 Å². The van der Waals surface area contributed by atoms with Gasteiger partial charge < -0.3 is 16.4 Å². The van der Waals surface area contributed by atoms with Crippen molar-refractivity contribution in [2.75, 3.05) is 18.8 Å². The van der Waals surface area contributed by atoms with E-state index in [1.807, 2.05) is 0 Å². The molecule has 0 radical (unpaired) electrons. The second kappa shape index (κ2) is 10.6. The number of primary amides is 1. The van der Waals surface area contributed by atoms with Gasteiger partial charge in [0, 0.05) is 24.8 Å². The Bertz CT molecular complexity index is 1430. The SMILES string of the molecule is CC#CC(=O)N1CCC[C@H](n2nc(-c3cnn(Cc4cccc(C(F)(F)F)c4C)c3)c(C(N)=O)c2N)CC1. The Kier molecular flexibility index (Phi) is 7.48. The Morgan fingerprint density at radius 1 is 1.21 bits per heavy atom. The zero-order valence-corrected chi connectivity index (χ0v) is 21.0. The Morgan fingerprint density at radius 3 is 2.66 bits per heavy atom. The highest BCUT2D eigenvalue weighted by Gasteiger charge is 2.33. The molecule has 3 aromatic rings. The van der Waals surface area contributed by atoms with Crippen LogP contribution in [0.15, 0.2) is 30.6 Å². The van der Waals surface area contributed by atoms with Crippen molar-refractivity contribution in [2.24, 2.45) is 5.73 Å². The third kappa shape index (κ3) is 5.37. The maximum atomic E-state index is 13.3. The van der Waals surface area contributed by atoms with Gasteiger partial charge in [-0.25, -0.2) is 4.68 Å². The van der Waals surface area contributed by atoms with E-state index in [1.165, 1.54) is 23.9 Å². The molecule has 200 valence electrons. The quantitative estimate of drug-likeness (QED) is 0.492. The summed E-state index contributed by atoms with van der Waals surface area (Å²) >= 11 is 0. The van der Waals surface area contributed by atoms with Gasteiger partial charge in [-0.05, 0) is 56.2 Å². The van der Waals surface area contributed by atoms with Crippen LogP contribution in [-0.4, -0.2) is 49.4 Å². The predicted molar refractivity (Wildman–Crippen MR) is 135 cm³/mol. The Labute approximate surface area is 217 Å². The van der Waals surface area contributed by atoms with E-state index in [1.54, 1.807) is 28.8 Å². The number of hydrogen-bond acceptors (Lipinski definition) is 5. The first-order chi connectivity index (χ1) is 18.0. The van der Waals surface area contributed by atoms with Gasteiger partial charge in [0.25, 0.3) is 11.8 Å². The second-order valence-corrected chi connectivity index (χ2v) is 9.18. The van der Waals surface area contributed by atoms with Gasteiger partial charge in [0.15, 0.2) is 0 Å². The van der Waals surface area contributed by atoms with Crippen LogP contribution in [0, 0.1) is 18.8 Å². The highest BCUT2D eigenvalue weighted by molar-refractivity contribution is 6.03. The number of rotatable bonds is 5. The molecule has 4 N–H and O–H groups in total. The van der Waals surface area contributed by atoms with E-state index in [4.69, 9.17) is 11.5 Å². The zero-order chi connectivity index (χ0) is 27.6. The number of anilines is 1. The first-order valence-electron chi connectivity index (χ1n) is 12.1. The fourth-order valence-corrected chi connectivity index (χ4v) is 4.79. The van der Waals surface area contributed by atoms with Gasteiger partial charge in [-0.1, -0.05) is 18.1 Å². The summed E-state index contributed by atoms with van der Waals surface area (Å²) in [6.07, 6.45) is 0.557. The van der Waals surface area contributed by atoms with Crippen molar-refractivity contribution in [3.8, 4) is 23.1 Å². The molecule has 1 aromatic carbocycles. The van der Waals surface area contributed by atoms with Gasteiger partial charge in [0.1, 0.15) is 17.1 Å². The number of carbonyl (C=O) groups excluding carboxylic acids is 2. The maximum Gasteiger partial charge on any atom is 0.416 e. The molecule has 38 heavy (non-hydrogen) atoms. The number of aromatic nitrogens is 4. The molecular formula is C26H28F3N7O2. The van der Waals surface area contributed by atoms with Crippen LogP contribution in [0.4, 0.5) is 19.0 Å². The highest BCUT2D eigenvalue weighted by Crippen LogP contribution is 2.34. The average molecular weight is 528 g/mol. The second-order valence-electron chi connectivity index (χ2n) is 9.18. The minimum atomic E-state index is -4.46. The largest absolute Gasteiger partial charge is 0.416 e. The molecule has 1 fully saturated rings. The molecule has 1 aliphatic rings. The van der Waals surface area contributed by atoms with E-state index >= 15 is 0 Å². The summed E-state index contributed by atoms with van der Waals surface area (Å²) in [5, 5.41) is 8.89. The van der Waals surface area contributed by atoms with Gasteiger partial charge in [0.05, 0.1) is 24.3 Å². The van der Waals surface area contributed by atoms with Gasteiger partial charge in [-0.2, -0.15) is 23.4 Å². The molecule has 4 rings (SSSR count). The van der Waals surface area contributed by atoms with Crippen LogP contribution in [0.25, 0.3) is 11.3 Å². The summed E-state index contributed by atoms with van der Waals surface area (Å²) in [5.41, 5.74) is 12.6. The number of hydrogen-bond donors (Lipinski definition) is 2. The molecule has 2 aromatic heterocycles. The molecule has 1 aliphatic heterocycles. The number of carbonyl (C=O) groups is 2. The zero-order valence-electron chi connectivity index (χ0n) is 21.0. The number of nitrogens with zero attached hydrogens (tertiary/aromatic N) is 5. The number of likely N-dealkylation sites (tertiary alicyclic amines) is 1. The molecule has 0 saturated carbocycles. The summed E-state index contributed by atoms with van der Waals surface area (Å²) in [4.78, 5) is 26.2. The van der Waals surface area contributed by atoms with Crippen molar-refractivity contribution in [3.63, 3.8) is 0 Å². The van der Waals surface area contributed by atoms with Crippen molar-refractivity contribution in [1.82, 2.24) is 24.5 Å². The Hall–Kier alpha value is -4.27. The third-order valence-electron chi connectivity index (χ3n) is 6.75. The normalized spacial score (nSPS) is 16.0. The summed E-state index contributed by atoms with van der Waals surface area (Å²) < 4.78 is 43.0. The fourth-order valence-electron chi connectivity index (χ4n) is 4.79. The van der Waals surface area contributed by atoms with Crippen LogP contribution >= 0.6 is 0 Å². The summed E-state index contributed by atoms with van der Waals surface area (Å²) in [7, 11) is 0. The maximum absolute atomic E-state index is 13.3. The topological polar surface area (TPSA) is 125 Å². The highest BCUT2D eigenvalue weighted by atomic mass is 19.4. The van der Waals surface area contributed by atoms with Crippen LogP contribution in [0.2, 0.25) is 0 Å². The average Bonchev–Trinajstić information content (AvgIpc) is 3.35. The van der Waals surface area contributed by atoms with E-state index in [2.05, 4.69) is 22.0 Å². The van der Waals surface area contributed by atoms with Crippen molar-refractivity contribution in [3.05, 3.63) is 52.8 Å². The van der Waals surface area contributed by atoms with E-state index in [0.717, 1.165) is 6.07 Å². The first-order valence-corrected chi connectivity index (χ1v) is 12.1. The number of amides is 2. The molecule has 2 amide bonds. The summed E-state index contributed by atoms with van der Waals surface area (Å²) in [6.45, 7) is 4.14. The first kappa shape index (κ1) is 26.8.